The summed E-state index contributed by atoms with van der Waals surface area (Å²) in [5.41, 5.74) is 2.65. The number of aromatic amines is 1. The Hall–Kier alpha value is -3.81. The number of ether oxygens (including phenoxy) is 1. The van der Waals surface area contributed by atoms with Gasteiger partial charge in [0.1, 0.15) is 17.8 Å². The molecule has 0 unspecified atom stereocenters. The van der Waals surface area contributed by atoms with E-state index in [1.54, 1.807) is 50.1 Å². The second-order valence-electron chi connectivity index (χ2n) is 5.81. The Kier molecular flexibility index (Phi) is 4.44. The smallest absolute Gasteiger partial charge is 0.212 e. The molecule has 0 saturated heterocycles. The van der Waals surface area contributed by atoms with E-state index in [9.17, 15) is 4.79 Å². The van der Waals surface area contributed by atoms with Gasteiger partial charge < -0.3 is 15.0 Å². The lowest BCUT2D eigenvalue weighted by Crippen LogP contribution is -2.05. The van der Waals surface area contributed by atoms with Gasteiger partial charge in [-0.15, -0.1) is 0 Å². The largest absolute Gasteiger partial charge is 0.481 e. The summed E-state index contributed by atoms with van der Waals surface area (Å²) in [5.74, 6) is 1.11. The van der Waals surface area contributed by atoms with Crippen LogP contribution < -0.4 is 10.1 Å². The van der Waals surface area contributed by atoms with Crippen molar-refractivity contribution in [2.24, 2.45) is 0 Å². The molecule has 0 saturated carbocycles. The van der Waals surface area contributed by atoms with Crippen molar-refractivity contribution in [3.8, 4) is 5.88 Å². The zero-order chi connectivity index (χ0) is 18.6. The van der Waals surface area contributed by atoms with E-state index in [0.29, 0.717) is 40.4 Å². The molecule has 8 heteroatoms. The molecule has 0 atom stereocenters. The average molecular weight is 360 g/mol. The highest BCUT2D eigenvalue weighted by Crippen LogP contribution is 2.19. The number of fused-ring (bicyclic) bond motifs is 1. The summed E-state index contributed by atoms with van der Waals surface area (Å²) < 4.78 is 5.04. The van der Waals surface area contributed by atoms with Crippen LogP contribution in [0, 0.1) is 0 Å². The highest BCUT2D eigenvalue weighted by atomic mass is 16.5. The van der Waals surface area contributed by atoms with Gasteiger partial charge in [-0.3, -0.25) is 4.79 Å². The van der Waals surface area contributed by atoms with Crippen LogP contribution in [0.5, 0.6) is 5.88 Å². The molecule has 0 aliphatic carbocycles. The van der Waals surface area contributed by atoms with Gasteiger partial charge in [0.2, 0.25) is 5.88 Å². The van der Waals surface area contributed by atoms with Crippen molar-refractivity contribution in [1.29, 1.82) is 0 Å². The van der Waals surface area contributed by atoms with Gasteiger partial charge in [-0.2, -0.15) is 0 Å². The number of ketones is 1. The first kappa shape index (κ1) is 16.6. The van der Waals surface area contributed by atoms with Gasteiger partial charge in [0.05, 0.1) is 12.7 Å². The minimum Gasteiger partial charge on any atom is -0.481 e. The molecule has 134 valence electrons. The number of nitrogens with zero attached hydrogens (tertiary/aromatic N) is 4. The third-order valence-electron chi connectivity index (χ3n) is 4.11. The Morgan fingerprint density at radius 1 is 1.11 bits per heavy atom. The molecule has 0 aliphatic heterocycles. The van der Waals surface area contributed by atoms with E-state index in [2.05, 4.69) is 30.2 Å². The molecule has 0 aliphatic rings. The summed E-state index contributed by atoms with van der Waals surface area (Å²) in [6.07, 6.45) is 8.00. The number of anilines is 1. The Bertz CT molecular complexity index is 1070. The fourth-order valence-corrected chi connectivity index (χ4v) is 2.66. The Labute approximate surface area is 154 Å². The number of aromatic nitrogens is 5. The van der Waals surface area contributed by atoms with E-state index < -0.39 is 0 Å². The van der Waals surface area contributed by atoms with Gasteiger partial charge in [0.15, 0.2) is 5.78 Å². The first-order valence-corrected chi connectivity index (χ1v) is 8.25. The highest BCUT2D eigenvalue weighted by Gasteiger charge is 2.15. The highest BCUT2D eigenvalue weighted by molar-refractivity contribution is 6.15. The standard InChI is InChI=1S/C19H16N6O2/c1-27-17-5-2-12(7-23-17)6-21-16-4-3-13(8-22-16)18(26)14-10-24-19-15(14)9-20-11-25-19/h2-5,7-11H,6H2,1H3,(H,21,22)(H,20,24,25). The zero-order valence-electron chi connectivity index (χ0n) is 14.5. The summed E-state index contributed by atoms with van der Waals surface area (Å²) in [7, 11) is 1.58. The van der Waals surface area contributed by atoms with Crippen molar-refractivity contribution in [1.82, 2.24) is 24.9 Å². The van der Waals surface area contributed by atoms with Crippen LogP contribution in [-0.2, 0) is 6.54 Å². The molecule has 8 nitrogen and oxygen atoms in total. The molecule has 0 aromatic carbocycles. The Morgan fingerprint density at radius 2 is 2.04 bits per heavy atom. The molecule has 4 rings (SSSR count). The van der Waals surface area contributed by atoms with E-state index in [1.165, 1.54) is 6.33 Å². The SMILES string of the molecule is COc1ccc(CNc2ccc(C(=O)c3c[nH]c4ncncc34)cn2)cn1. The van der Waals surface area contributed by atoms with Crippen LogP contribution in [0.25, 0.3) is 11.0 Å². The van der Waals surface area contributed by atoms with E-state index in [-0.39, 0.29) is 5.78 Å². The molecule has 27 heavy (non-hydrogen) atoms. The molecule has 2 N–H and O–H groups in total. The molecule has 0 amide bonds. The molecular weight excluding hydrogens is 344 g/mol. The van der Waals surface area contributed by atoms with Crippen molar-refractivity contribution in [2.45, 2.75) is 6.54 Å². The van der Waals surface area contributed by atoms with E-state index in [1.807, 2.05) is 6.07 Å². The third kappa shape index (κ3) is 3.45. The fourth-order valence-electron chi connectivity index (χ4n) is 2.66. The summed E-state index contributed by atoms with van der Waals surface area (Å²) in [5, 5.41) is 3.89. The number of H-pyrrole nitrogens is 1. The number of pyridine rings is 2. The molecule has 0 bridgehead atoms. The lowest BCUT2D eigenvalue weighted by Gasteiger charge is -2.07. The number of hydrogen-bond acceptors (Lipinski definition) is 7. The van der Waals surface area contributed by atoms with E-state index in [4.69, 9.17) is 4.74 Å². The quantitative estimate of drug-likeness (QED) is 0.509. The predicted molar refractivity (Wildman–Crippen MR) is 99.7 cm³/mol. The number of nitrogens with one attached hydrogen (secondary N) is 2. The molecule has 4 aromatic rings. The second kappa shape index (κ2) is 7.20. The monoisotopic (exact) mass is 360 g/mol. The second-order valence-corrected chi connectivity index (χ2v) is 5.81. The lowest BCUT2D eigenvalue weighted by atomic mass is 10.1. The average Bonchev–Trinajstić information content (AvgIpc) is 3.16. The van der Waals surface area contributed by atoms with Gasteiger partial charge in [-0.1, -0.05) is 6.07 Å². The van der Waals surface area contributed by atoms with Crippen LogP contribution in [-0.4, -0.2) is 37.8 Å². The van der Waals surface area contributed by atoms with Crippen molar-refractivity contribution in [2.75, 3.05) is 12.4 Å². The first-order chi connectivity index (χ1) is 13.2. The van der Waals surface area contributed by atoms with Crippen LogP contribution in [0.4, 0.5) is 5.82 Å². The third-order valence-corrected chi connectivity index (χ3v) is 4.11. The maximum Gasteiger partial charge on any atom is 0.212 e. The predicted octanol–water partition coefficient (Wildman–Crippen LogP) is 2.60. The minimum atomic E-state index is -0.130. The van der Waals surface area contributed by atoms with Gasteiger partial charge in [0.25, 0.3) is 0 Å². The van der Waals surface area contributed by atoms with E-state index in [0.717, 1.165) is 5.56 Å². The first-order valence-electron chi connectivity index (χ1n) is 8.25. The summed E-state index contributed by atoms with van der Waals surface area (Å²) in [4.78, 5) is 32.2. The number of methoxy groups -OCH3 is 1. The summed E-state index contributed by atoms with van der Waals surface area (Å²) >= 11 is 0. The molecular formula is C19H16N6O2. The van der Waals surface area contributed by atoms with Crippen LogP contribution in [0.15, 0.2) is 55.4 Å². The fraction of sp³-hybridized carbons (Fsp3) is 0.105. The van der Waals surface area contributed by atoms with Crippen molar-refractivity contribution in [3.63, 3.8) is 0 Å². The molecule has 0 spiro atoms. The number of rotatable bonds is 6. The van der Waals surface area contributed by atoms with Crippen LogP contribution in [0.2, 0.25) is 0 Å². The molecule has 0 fully saturated rings. The molecule has 4 aromatic heterocycles. The van der Waals surface area contributed by atoms with Crippen molar-refractivity contribution < 1.29 is 9.53 Å². The van der Waals surface area contributed by atoms with Crippen LogP contribution >= 0.6 is 0 Å². The van der Waals surface area contributed by atoms with Gasteiger partial charge in [0, 0.05) is 48.3 Å². The summed E-state index contributed by atoms with van der Waals surface area (Å²) in [6.45, 7) is 0.567. The molecule has 4 heterocycles. The molecule has 0 radical (unpaired) electrons. The van der Waals surface area contributed by atoms with Crippen molar-refractivity contribution >= 4 is 22.6 Å². The minimum absolute atomic E-state index is 0.130. The number of hydrogen-bond donors (Lipinski definition) is 2. The van der Waals surface area contributed by atoms with Gasteiger partial charge in [-0.05, 0) is 17.7 Å². The van der Waals surface area contributed by atoms with Crippen LogP contribution in [0.1, 0.15) is 21.5 Å². The van der Waals surface area contributed by atoms with Crippen molar-refractivity contribution in [3.05, 3.63) is 72.1 Å². The maximum absolute atomic E-state index is 12.7. The number of carbonyl (C=O) groups is 1. The van der Waals surface area contributed by atoms with Crippen LogP contribution in [0.3, 0.4) is 0 Å². The topological polar surface area (TPSA) is 106 Å². The van der Waals surface area contributed by atoms with Gasteiger partial charge >= 0.3 is 0 Å². The van der Waals surface area contributed by atoms with E-state index >= 15 is 0 Å². The Morgan fingerprint density at radius 3 is 2.78 bits per heavy atom. The zero-order valence-corrected chi connectivity index (χ0v) is 14.5. The maximum atomic E-state index is 12.7. The summed E-state index contributed by atoms with van der Waals surface area (Å²) in [6, 6.07) is 7.25. The Balaban J connectivity index is 1.46. The normalized spacial score (nSPS) is 10.7. The van der Waals surface area contributed by atoms with Gasteiger partial charge in [-0.25, -0.2) is 19.9 Å². The number of carbonyl (C=O) groups excluding carboxylic acids is 1. The lowest BCUT2D eigenvalue weighted by molar-refractivity contribution is 0.104.